The number of likely N-dealkylation sites (N-methyl/N-ethyl adjacent to an activating group) is 1. The van der Waals surface area contributed by atoms with Crippen LogP contribution in [0.1, 0.15) is 56.0 Å². The van der Waals surface area contributed by atoms with E-state index >= 15 is 0 Å². The van der Waals surface area contributed by atoms with E-state index in [1.165, 1.54) is 39.9 Å². The van der Waals surface area contributed by atoms with Gasteiger partial charge in [-0.3, -0.25) is 14.4 Å². The molecule has 0 spiro atoms. The number of ether oxygens (including phenoxy) is 1. The van der Waals surface area contributed by atoms with Crippen LogP contribution < -0.4 is 5.56 Å². The van der Waals surface area contributed by atoms with Gasteiger partial charge in [0.15, 0.2) is 5.16 Å². The number of carbonyl (C=O) groups is 2. The van der Waals surface area contributed by atoms with Crippen LogP contribution in [0.2, 0.25) is 4.34 Å². The highest BCUT2D eigenvalue weighted by Crippen LogP contribution is 2.31. The van der Waals surface area contributed by atoms with E-state index < -0.39 is 23.3 Å². The van der Waals surface area contributed by atoms with Crippen LogP contribution >= 0.6 is 34.7 Å². The fourth-order valence-corrected chi connectivity index (χ4v) is 7.11. The zero-order chi connectivity index (χ0) is 37.0. The van der Waals surface area contributed by atoms with E-state index in [4.69, 9.17) is 16.3 Å². The van der Waals surface area contributed by atoms with Gasteiger partial charge in [0.2, 0.25) is 5.91 Å². The molecular formula is C36H41ClF3N5O4S2. The molecule has 51 heavy (non-hydrogen) atoms. The molecule has 0 aliphatic rings. The Balaban J connectivity index is 1.59. The third kappa shape index (κ3) is 12.2. The Morgan fingerprint density at radius 1 is 0.980 bits per heavy atom. The molecule has 1 amide bonds. The molecule has 274 valence electrons. The van der Waals surface area contributed by atoms with Gasteiger partial charge in [-0.15, -0.1) is 11.3 Å². The summed E-state index contributed by atoms with van der Waals surface area (Å²) in [5.41, 5.74) is 1.94. The molecule has 9 nitrogen and oxygen atoms in total. The SMILES string of the molecule is CCCN(CC)CCN(Cc1ccc(-c2ccc(C(F)(F)F)cc2)cc1)C(=O)Cn1nc(CCC(=O)OCC)c(=O)nc1SCc1csc(Cl)c1. The van der Waals surface area contributed by atoms with Crippen LogP contribution in [-0.2, 0) is 45.8 Å². The lowest BCUT2D eigenvalue weighted by Gasteiger charge is -2.27. The number of thiophene rings is 1. The van der Waals surface area contributed by atoms with E-state index in [2.05, 4.69) is 28.8 Å². The van der Waals surface area contributed by atoms with E-state index in [0.29, 0.717) is 28.7 Å². The maximum atomic E-state index is 14.1. The van der Waals surface area contributed by atoms with Crippen LogP contribution in [0.25, 0.3) is 11.1 Å². The molecule has 4 aromatic rings. The van der Waals surface area contributed by atoms with Crippen LogP contribution in [-0.4, -0.2) is 69.2 Å². The summed E-state index contributed by atoms with van der Waals surface area (Å²) < 4.78 is 46.2. The number of nitrogens with zero attached hydrogens (tertiary/aromatic N) is 5. The zero-order valence-electron chi connectivity index (χ0n) is 28.7. The Morgan fingerprint density at radius 3 is 2.25 bits per heavy atom. The Kier molecular flexibility index (Phi) is 15.1. The van der Waals surface area contributed by atoms with Gasteiger partial charge in [0, 0.05) is 31.8 Å². The van der Waals surface area contributed by atoms with Crippen molar-refractivity contribution in [1.82, 2.24) is 24.6 Å². The lowest BCUT2D eigenvalue weighted by atomic mass is 10.0. The monoisotopic (exact) mass is 763 g/mol. The number of hydrogen-bond acceptors (Lipinski definition) is 9. The van der Waals surface area contributed by atoms with Crippen molar-refractivity contribution >= 4 is 46.6 Å². The summed E-state index contributed by atoms with van der Waals surface area (Å²) in [6.07, 6.45) is -3.48. The highest BCUT2D eigenvalue weighted by Gasteiger charge is 2.30. The summed E-state index contributed by atoms with van der Waals surface area (Å²) in [5, 5.41) is 6.69. The predicted octanol–water partition coefficient (Wildman–Crippen LogP) is 7.59. The zero-order valence-corrected chi connectivity index (χ0v) is 31.1. The molecule has 0 N–H and O–H groups in total. The van der Waals surface area contributed by atoms with Gasteiger partial charge in [0.05, 0.1) is 22.9 Å². The first kappa shape index (κ1) is 40.1. The smallest absolute Gasteiger partial charge is 0.416 e. The molecule has 0 aliphatic heterocycles. The van der Waals surface area contributed by atoms with Gasteiger partial charge in [-0.1, -0.05) is 73.6 Å². The summed E-state index contributed by atoms with van der Waals surface area (Å²) in [6, 6.07) is 14.2. The number of thioether (sulfide) groups is 1. The first-order chi connectivity index (χ1) is 24.4. The maximum absolute atomic E-state index is 14.1. The van der Waals surface area contributed by atoms with Crippen molar-refractivity contribution in [2.75, 3.05) is 32.8 Å². The van der Waals surface area contributed by atoms with Crippen molar-refractivity contribution in [1.29, 1.82) is 0 Å². The number of benzene rings is 2. The minimum absolute atomic E-state index is 0.0153. The normalized spacial score (nSPS) is 11.6. The second-order valence-electron chi connectivity index (χ2n) is 11.7. The quantitative estimate of drug-likeness (QED) is 0.0756. The van der Waals surface area contributed by atoms with Gasteiger partial charge in [-0.2, -0.15) is 23.3 Å². The summed E-state index contributed by atoms with van der Waals surface area (Å²) in [7, 11) is 0. The molecule has 0 unspecified atom stereocenters. The molecule has 0 saturated carbocycles. The van der Waals surface area contributed by atoms with E-state index in [1.807, 2.05) is 35.7 Å². The molecule has 2 aromatic carbocycles. The molecule has 0 atom stereocenters. The number of amides is 1. The summed E-state index contributed by atoms with van der Waals surface area (Å²) in [5.74, 6) is -0.258. The first-order valence-electron chi connectivity index (χ1n) is 16.7. The van der Waals surface area contributed by atoms with Gasteiger partial charge < -0.3 is 14.5 Å². The second kappa shape index (κ2) is 19.2. The average Bonchev–Trinajstić information content (AvgIpc) is 3.53. The molecule has 0 aliphatic carbocycles. The number of aryl methyl sites for hydroxylation is 1. The number of hydrogen-bond donors (Lipinski definition) is 0. The second-order valence-corrected chi connectivity index (χ2v) is 14.2. The molecule has 0 radical (unpaired) electrons. The summed E-state index contributed by atoms with van der Waals surface area (Å²) in [4.78, 5) is 47.4. The summed E-state index contributed by atoms with van der Waals surface area (Å²) >= 11 is 8.76. The lowest BCUT2D eigenvalue weighted by Crippen LogP contribution is -2.41. The highest BCUT2D eigenvalue weighted by molar-refractivity contribution is 7.98. The average molecular weight is 764 g/mol. The van der Waals surface area contributed by atoms with Gasteiger partial charge in [-0.05, 0) is 72.3 Å². The van der Waals surface area contributed by atoms with E-state index in [0.717, 1.165) is 48.3 Å². The van der Waals surface area contributed by atoms with E-state index in [9.17, 15) is 27.6 Å². The Bertz CT molecular complexity index is 1800. The van der Waals surface area contributed by atoms with Gasteiger partial charge >= 0.3 is 12.1 Å². The van der Waals surface area contributed by atoms with Crippen molar-refractivity contribution < 1.29 is 27.5 Å². The molecule has 0 bridgehead atoms. The van der Waals surface area contributed by atoms with Gasteiger partial charge in [0.1, 0.15) is 12.2 Å². The number of carbonyl (C=O) groups excluding carboxylic acids is 2. The lowest BCUT2D eigenvalue weighted by molar-refractivity contribution is -0.143. The van der Waals surface area contributed by atoms with Crippen molar-refractivity contribution in [2.45, 2.75) is 70.2 Å². The molecular weight excluding hydrogens is 723 g/mol. The van der Waals surface area contributed by atoms with Crippen LogP contribution in [0.5, 0.6) is 0 Å². The maximum Gasteiger partial charge on any atom is 0.416 e. The van der Waals surface area contributed by atoms with E-state index in [-0.39, 0.29) is 49.3 Å². The Labute approximate surface area is 308 Å². The Hall–Kier alpha value is -3.72. The minimum atomic E-state index is -4.41. The third-order valence-corrected chi connectivity index (χ3v) is 10.1. The van der Waals surface area contributed by atoms with Crippen molar-refractivity contribution in [3.63, 3.8) is 0 Å². The third-order valence-electron chi connectivity index (χ3n) is 7.95. The predicted molar refractivity (Wildman–Crippen MR) is 195 cm³/mol. The molecule has 2 heterocycles. The number of halogens is 4. The standard InChI is InChI=1S/C36H41ClF3N5O4S2/c1-4-17-43(5-2)18-19-44(21-25-7-9-27(10-8-25)28-11-13-29(14-12-28)36(38,39)40)32(46)22-45-35(51-24-26-20-31(37)50-23-26)41-34(48)30(42-45)15-16-33(47)49-6-3/h7-14,20,23H,4-6,15-19,21-22,24H2,1-3H3. The number of alkyl halides is 3. The van der Waals surface area contributed by atoms with Crippen LogP contribution in [0.15, 0.2) is 69.9 Å². The molecule has 2 aromatic heterocycles. The number of esters is 1. The molecule has 0 fully saturated rings. The van der Waals surface area contributed by atoms with Gasteiger partial charge in [-0.25, -0.2) is 4.68 Å². The summed E-state index contributed by atoms with van der Waals surface area (Å²) in [6.45, 7) is 8.92. The Morgan fingerprint density at radius 2 is 1.67 bits per heavy atom. The minimum Gasteiger partial charge on any atom is -0.466 e. The van der Waals surface area contributed by atoms with Crippen molar-refractivity contribution in [3.05, 3.63) is 97.1 Å². The van der Waals surface area contributed by atoms with Crippen molar-refractivity contribution in [2.24, 2.45) is 0 Å². The number of rotatable bonds is 18. The van der Waals surface area contributed by atoms with Crippen LogP contribution in [0, 0.1) is 0 Å². The fraction of sp³-hybridized carbons (Fsp3) is 0.417. The van der Waals surface area contributed by atoms with Crippen LogP contribution in [0.3, 0.4) is 0 Å². The van der Waals surface area contributed by atoms with Gasteiger partial charge in [0.25, 0.3) is 5.56 Å². The molecule has 15 heteroatoms. The molecule has 0 saturated heterocycles. The van der Waals surface area contributed by atoms with Crippen LogP contribution in [0.4, 0.5) is 13.2 Å². The molecule has 4 rings (SSSR count). The topological polar surface area (TPSA) is 97.6 Å². The number of aromatic nitrogens is 3. The first-order valence-corrected chi connectivity index (χ1v) is 18.9. The highest BCUT2D eigenvalue weighted by atomic mass is 35.5. The van der Waals surface area contributed by atoms with Crippen molar-refractivity contribution in [3.8, 4) is 11.1 Å². The fourth-order valence-electron chi connectivity index (χ4n) is 5.23. The van der Waals surface area contributed by atoms with E-state index in [1.54, 1.807) is 11.8 Å². The largest absolute Gasteiger partial charge is 0.466 e.